The highest BCUT2D eigenvalue weighted by atomic mass is 32.1. The van der Waals surface area contributed by atoms with Crippen molar-refractivity contribution in [3.8, 4) is 0 Å². The predicted octanol–water partition coefficient (Wildman–Crippen LogP) is 1.95. The number of likely N-dealkylation sites (N-methyl/N-ethyl adjacent to an activating group) is 1. The van der Waals surface area contributed by atoms with Gasteiger partial charge in [0.05, 0.1) is 11.4 Å². The molecule has 0 atom stereocenters. The van der Waals surface area contributed by atoms with E-state index in [4.69, 9.17) is 0 Å². The van der Waals surface area contributed by atoms with Crippen LogP contribution in [0.5, 0.6) is 0 Å². The number of hydrogen-bond acceptors (Lipinski definition) is 7. The molecule has 0 saturated carbocycles. The third-order valence-corrected chi connectivity index (χ3v) is 5.86. The van der Waals surface area contributed by atoms with Crippen molar-refractivity contribution >= 4 is 22.3 Å². The zero-order valence-electron chi connectivity index (χ0n) is 14.4. The lowest BCUT2D eigenvalue weighted by Crippen LogP contribution is -2.34. The first kappa shape index (κ1) is 15.8. The molecule has 0 unspecified atom stereocenters. The second kappa shape index (κ2) is 6.64. The van der Waals surface area contributed by atoms with Gasteiger partial charge in [0, 0.05) is 56.6 Å². The van der Waals surface area contributed by atoms with Crippen LogP contribution in [0.3, 0.4) is 0 Å². The van der Waals surface area contributed by atoms with Crippen molar-refractivity contribution in [3.05, 3.63) is 28.7 Å². The highest BCUT2D eigenvalue weighted by Gasteiger charge is 2.24. The van der Waals surface area contributed by atoms with E-state index < -0.39 is 0 Å². The lowest BCUT2D eigenvalue weighted by atomic mass is 10.1. The minimum absolute atomic E-state index is 0.956. The molecule has 2 aromatic rings. The van der Waals surface area contributed by atoms with Crippen LogP contribution in [0.4, 0.5) is 10.9 Å². The van der Waals surface area contributed by atoms with Crippen LogP contribution in [0.2, 0.25) is 0 Å². The molecule has 4 rings (SSSR count). The Kier molecular flexibility index (Phi) is 4.37. The Labute approximate surface area is 147 Å². The normalized spacial score (nSPS) is 19.2. The van der Waals surface area contributed by atoms with E-state index in [1.807, 2.05) is 0 Å². The molecule has 0 spiro atoms. The van der Waals surface area contributed by atoms with E-state index in [0.717, 1.165) is 68.8 Å². The highest BCUT2D eigenvalue weighted by molar-refractivity contribution is 7.13. The molecule has 7 heteroatoms. The van der Waals surface area contributed by atoms with E-state index in [1.54, 1.807) is 17.7 Å². The average Bonchev–Trinajstić information content (AvgIpc) is 2.87. The number of aryl methyl sites for hydroxylation is 1. The topological polar surface area (TPSA) is 48.4 Å². The van der Waals surface area contributed by atoms with E-state index in [1.165, 1.54) is 11.3 Å². The standard InChI is InChI=1S/C17H24N6S/c1-13-11-24-17(20-13)23-6-3-5-22(8-9-23)16-14-10-21(2)7-4-15(14)18-12-19-16/h11-12H,3-10H2,1-2H3. The summed E-state index contributed by atoms with van der Waals surface area (Å²) in [5.41, 5.74) is 3.67. The van der Waals surface area contributed by atoms with Crippen LogP contribution in [0, 0.1) is 6.92 Å². The molecule has 128 valence electrons. The van der Waals surface area contributed by atoms with Crippen molar-refractivity contribution in [3.63, 3.8) is 0 Å². The number of aromatic nitrogens is 3. The molecule has 0 aromatic carbocycles. The number of rotatable bonds is 2. The second-order valence-corrected chi connectivity index (χ2v) is 7.55. The van der Waals surface area contributed by atoms with Gasteiger partial charge < -0.3 is 14.7 Å². The Morgan fingerprint density at radius 2 is 1.88 bits per heavy atom. The van der Waals surface area contributed by atoms with E-state index >= 15 is 0 Å². The van der Waals surface area contributed by atoms with Gasteiger partial charge in [0.25, 0.3) is 0 Å². The minimum atomic E-state index is 0.956. The van der Waals surface area contributed by atoms with Gasteiger partial charge >= 0.3 is 0 Å². The highest BCUT2D eigenvalue weighted by Crippen LogP contribution is 2.27. The number of anilines is 2. The molecule has 2 aliphatic heterocycles. The van der Waals surface area contributed by atoms with Crippen LogP contribution in [-0.2, 0) is 13.0 Å². The van der Waals surface area contributed by atoms with Crippen LogP contribution in [0.1, 0.15) is 23.4 Å². The van der Waals surface area contributed by atoms with Crippen molar-refractivity contribution in [2.75, 3.05) is 49.6 Å². The van der Waals surface area contributed by atoms with Gasteiger partial charge in [0.15, 0.2) is 5.13 Å². The summed E-state index contributed by atoms with van der Waals surface area (Å²) in [5.74, 6) is 1.14. The lowest BCUT2D eigenvalue weighted by Gasteiger charge is -2.30. The maximum absolute atomic E-state index is 4.65. The SMILES string of the molecule is Cc1csc(N2CCCN(c3ncnc4c3CN(C)CC4)CC2)n1. The summed E-state index contributed by atoms with van der Waals surface area (Å²) in [4.78, 5) is 21.0. The van der Waals surface area contributed by atoms with Crippen LogP contribution in [-0.4, -0.2) is 59.6 Å². The van der Waals surface area contributed by atoms with Gasteiger partial charge in [-0.25, -0.2) is 15.0 Å². The first-order valence-electron chi connectivity index (χ1n) is 8.64. The van der Waals surface area contributed by atoms with E-state index in [-0.39, 0.29) is 0 Å². The maximum Gasteiger partial charge on any atom is 0.185 e. The van der Waals surface area contributed by atoms with E-state index in [0.29, 0.717) is 0 Å². The molecule has 1 saturated heterocycles. The first-order chi connectivity index (χ1) is 11.7. The van der Waals surface area contributed by atoms with Crippen LogP contribution in [0.25, 0.3) is 0 Å². The Hall–Kier alpha value is -1.73. The number of hydrogen-bond donors (Lipinski definition) is 0. The third kappa shape index (κ3) is 3.10. The molecule has 2 aromatic heterocycles. The monoisotopic (exact) mass is 344 g/mol. The fraction of sp³-hybridized carbons (Fsp3) is 0.588. The zero-order valence-corrected chi connectivity index (χ0v) is 15.2. The molecule has 0 radical (unpaired) electrons. The van der Waals surface area contributed by atoms with Crippen molar-refractivity contribution in [1.82, 2.24) is 19.9 Å². The Bertz CT molecular complexity index is 715. The molecule has 0 bridgehead atoms. The molecular weight excluding hydrogens is 320 g/mol. The molecule has 0 amide bonds. The van der Waals surface area contributed by atoms with Gasteiger partial charge in [0.1, 0.15) is 12.1 Å². The Morgan fingerprint density at radius 1 is 1.04 bits per heavy atom. The van der Waals surface area contributed by atoms with Crippen molar-refractivity contribution in [1.29, 1.82) is 0 Å². The summed E-state index contributed by atoms with van der Waals surface area (Å²) in [7, 11) is 2.18. The summed E-state index contributed by atoms with van der Waals surface area (Å²) in [6, 6.07) is 0. The minimum Gasteiger partial charge on any atom is -0.354 e. The van der Waals surface area contributed by atoms with Crippen molar-refractivity contribution < 1.29 is 0 Å². The van der Waals surface area contributed by atoms with Gasteiger partial charge in [-0.15, -0.1) is 11.3 Å². The van der Waals surface area contributed by atoms with Gasteiger partial charge in [0.2, 0.25) is 0 Å². The van der Waals surface area contributed by atoms with Gasteiger partial charge in [-0.05, 0) is 20.4 Å². The molecule has 6 nitrogen and oxygen atoms in total. The summed E-state index contributed by atoms with van der Waals surface area (Å²) >= 11 is 1.75. The first-order valence-corrected chi connectivity index (χ1v) is 9.52. The van der Waals surface area contributed by atoms with Crippen LogP contribution < -0.4 is 9.80 Å². The van der Waals surface area contributed by atoms with Gasteiger partial charge in [-0.3, -0.25) is 0 Å². The van der Waals surface area contributed by atoms with Gasteiger partial charge in [-0.1, -0.05) is 0 Å². The number of fused-ring (bicyclic) bond motifs is 1. The summed E-state index contributed by atoms with van der Waals surface area (Å²) < 4.78 is 0. The van der Waals surface area contributed by atoms with Crippen molar-refractivity contribution in [2.24, 2.45) is 0 Å². The Morgan fingerprint density at radius 3 is 2.71 bits per heavy atom. The number of nitrogens with zero attached hydrogens (tertiary/aromatic N) is 6. The molecule has 0 aliphatic carbocycles. The smallest absolute Gasteiger partial charge is 0.185 e. The summed E-state index contributed by atoms with van der Waals surface area (Å²) in [6.07, 6.45) is 3.90. The predicted molar refractivity (Wildman–Crippen MR) is 98.0 cm³/mol. The van der Waals surface area contributed by atoms with Crippen LogP contribution >= 0.6 is 11.3 Å². The number of thiazole rings is 1. The van der Waals surface area contributed by atoms with E-state index in [2.05, 4.69) is 49.0 Å². The molecule has 24 heavy (non-hydrogen) atoms. The molecular formula is C17H24N6S. The fourth-order valence-corrected chi connectivity index (χ4v) is 4.40. The quantitative estimate of drug-likeness (QED) is 0.830. The fourth-order valence-electron chi connectivity index (χ4n) is 3.54. The summed E-state index contributed by atoms with van der Waals surface area (Å²) in [6.45, 7) is 8.21. The second-order valence-electron chi connectivity index (χ2n) is 6.71. The molecule has 0 N–H and O–H groups in total. The zero-order chi connectivity index (χ0) is 16.5. The largest absolute Gasteiger partial charge is 0.354 e. The Balaban J connectivity index is 1.54. The van der Waals surface area contributed by atoms with Crippen molar-refractivity contribution in [2.45, 2.75) is 26.3 Å². The molecule has 2 aliphatic rings. The third-order valence-electron chi connectivity index (χ3n) is 4.84. The van der Waals surface area contributed by atoms with Gasteiger partial charge in [-0.2, -0.15) is 0 Å². The van der Waals surface area contributed by atoms with Crippen LogP contribution in [0.15, 0.2) is 11.7 Å². The molecule has 4 heterocycles. The summed E-state index contributed by atoms with van der Waals surface area (Å²) in [5, 5.41) is 3.29. The average molecular weight is 344 g/mol. The maximum atomic E-state index is 4.65. The van der Waals surface area contributed by atoms with E-state index in [9.17, 15) is 0 Å². The molecule has 1 fully saturated rings. The lowest BCUT2D eigenvalue weighted by molar-refractivity contribution is 0.309.